The van der Waals surface area contributed by atoms with Crippen LogP contribution in [0.15, 0.2) is 0 Å². The lowest BCUT2D eigenvalue weighted by molar-refractivity contribution is -0.142. The maximum Gasteiger partial charge on any atom is 0.327 e. The van der Waals surface area contributed by atoms with Gasteiger partial charge in [0, 0.05) is 33.2 Å². The lowest BCUT2D eigenvalue weighted by Gasteiger charge is -2.31. The standard InChI is InChI=1S/C13H24N2O4/c1-9(11-4-5-11)15(6-7-19-3)8-12(13(17)18)14-10(2)16/h9,11-12H,4-8H2,1-3H3,(H,14,16)(H,17,18). The summed E-state index contributed by atoms with van der Waals surface area (Å²) in [5.74, 6) is -0.678. The average Bonchev–Trinajstić information content (AvgIpc) is 3.15. The number of carboxylic acids is 1. The number of hydrogen-bond acceptors (Lipinski definition) is 4. The van der Waals surface area contributed by atoms with Crippen molar-refractivity contribution in [2.45, 2.75) is 38.8 Å². The zero-order valence-corrected chi connectivity index (χ0v) is 11.9. The molecule has 1 aliphatic carbocycles. The summed E-state index contributed by atoms with van der Waals surface area (Å²) in [6, 6.07) is -0.540. The fourth-order valence-corrected chi connectivity index (χ4v) is 2.21. The van der Waals surface area contributed by atoms with Crippen molar-refractivity contribution in [2.24, 2.45) is 5.92 Å². The van der Waals surface area contributed by atoms with Gasteiger partial charge in [-0.25, -0.2) is 4.79 Å². The number of nitrogens with one attached hydrogen (secondary N) is 1. The Labute approximate surface area is 114 Å². The first kappa shape index (κ1) is 15.9. The van der Waals surface area contributed by atoms with E-state index in [1.807, 2.05) is 0 Å². The molecule has 2 unspecified atom stereocenters. The van der Waals surface area contributed by atoms with E-state index in [2.05, 4.69) is 17.1 Å². The van der Waals surface area contributed by atoms with Crippen LogP contribution in [0.2, 0.25) is 0 Å². The van der Waals surface area contributed by atoms with E-state index in [0.717, 1.165) is 0 Å². The van der Waals surface area contributed by atoms with E-state index in [9.17, 15) is 9.59 Å². The Balaban J connectivity index is 2.60. The highest BCUT2D eigenvalue weighted by atomic mass is 16.5. The van der Waals surface area contributed by atoms with Crippen molar-refractivity contribution in [3.05, 3.63) is 0 Å². The van der Waals surface area contributed by atoms with Gasteiger partial charge >= 0.3 is 5.97 Å². The summed E-state index contributed by atoms with van der Waals surface area (Å²) in [7, 11) is 1.63. The summed E-state index contributed by atoms with van der Waals surface area (Å²) in [6.45, 7) is 5.00. The highest BCUT2D eigenvalue weighted by Crippen LogP contribution is 2.35. The second-order valence-corrected chi connectivity index (χ2v) is 5.16. The molecule has 0 bridgehead atoms. The maximum atomic E-state index is 11.2. The molecule has 0 radical (unpaired) electrons. The molecule has 0 spiro atoms. The third-order valence-corrected chi connectivity index (χ3v) is 3.56. The molecule has 1 fully saturated rings. The topological polar surface area (TPSA) is 78.9 Å². The Hall–Kier alpha value is -1.14. The van der Waals surface area contributed by atoms with Gasteiger partial charge < -0.3 is 15.2 Å². The monoisotopic (exact) mass is 272 g/mol. The number of carbonyl (C=O) groups excluding carboxylic acids is 1. The first-order chi connectivity index (χ1) is 8.95. The fraction of sp³-hybridized carbons (Fsp3) is 0.846. The van der Waals surface area contributed by atoms with E-state index in [1.165, 1.54) is 19.8 Å². The van der Waals surface area contributed by atoms with Crippen molar-refractivity contribution in [1.82, 2.24) is 10.2 Å². The number of carboxylic acid groups (broad SMARTS) is 1. The van der Waals surface area contributed by atoms with Crippen LogP contribution in [0.3, 0.4) is 0 Å². The van der Waals surface area contributed by atoms with Crippen LogP contribution in [0.5, 0.6) is 0 Å². The van der Waals surface area contributed by atoms with Crippen molar-refractivity contribution >= 4 is 11.9 Å². The second kappa shape index (κ2) is 7.45. The van der Waals surface area contributed by atoms with Crippen molar-refractivity contribution in [3.63, 3.8) is 0 Å². The van der Waals surface area contributed by atoms with Crippen molar-refractivity contribution < 1.29 is 19.4 Å². The Bertz CT molecular complexity index is 318. The summed E-state index contributed by atoms with van der Waals surface area (Å²) >= 11 is 0. The molecule has 110 valence electrons. The van der Waals surface area contributed by atoms with Gasteiger partial charge in [-0.3, -0.25) is 9.69 Å². The average molecular weight is 272 g/mol. The molecule has 0 aromatic heterocycles. The number of rotatable bonds is 9. The van der Waals surface area contributed by atoms with Gasteiger partial charge in [0.15, 0.2) is 0 Å². The predicted octanol–water partition coefficient (Wildman–Crippen LogP) is 0.323. The van der Waals surface area contributed by atoms with Crippen LogP contribution in [0.1, 0.15) is 26.7 Å². The number of ether oxygens (including phenoxy) is 1. The quantitative estimate of drug-likeness (QED) is 0.632. The highest BCUT2D eigenvalue weighted by molar-refractivity contribution is 5.82. The van der Waals surface area contributed by atoms with Gasteiger partial charge in [-0.15, -0.1) is 0 Å². The van der Waals surface area contributed by atoms with Crippen molar-refractivity contribution in [1.29, 1.82) is 0 Å². The molecule has 1 rings (SSSR count). The molecule has 2 atom stereocenters. The number of nitrogens with zero attached hydrogens (tertiary/aromatic N) is 1. The Morgan fingerprint density at radius 1 is 1.47 bits per heavy atom. The zero-order chi connectivity index (χ0) is 14.4. The minimum atomic E-state index is -0.999. The summed E-state index contributed by atoms with van der Waals surface area (Å²) in [4.78, 5) is 24.3. The van der Waals surface area contributed by atoms with Crippen molar-refractivity contribution in [3.8, 4) is 0 Å². The second-order valence-electron chi connectivity index (χ2n) is 5.16. The minimum Gasteiger partial charge on any atom is -0.480 e. The molecule has 1 amide bonds. The summed E-state index contributed by atoms with van der Waals surface area (Å²) in [6.07, 6.45) is 2.39. The highest BCUT2D eigenvalue weighted by Gasteiger charge is 2.34. The van der Waals surface area contributed by atoms with Crippen LogP contribution < -0.4 is 5.32 Å². The van der Waals surface area contributed by atoms with Crippen LogP contribution >= 0.6 is 0 Å². The van der Waals surface area contributed by atoms with Gasteiger partial charge in [0.2, 0.25) is 5.91 Å². The molecule has 1 aliphatic rings. The molecule has 0 saturated heterocycles. The van der Waals surface area contributed by atoms with E-state index in [1.54, 1.807) is 7.11 Å². The third kappa shape index (κ3) is 5.57. The molecule has 0 heterocycles. The van der Waals surface area contributed by atoms with Gasteiger partial charge in [0.25, 0.3) is 0 Å². The minimum absolute atomic E-state index is 0.315. The Morgan fingerprint density at radius 2 is 2.11 bits per heavy atom. The fourth-order valence-electron chi connectivity index (χ4n) is 2.21. The SMILES string of the molecule is COCCN(CC(NC(C)=O)C(=O)O)C(C)C1CC1. The van der Waals surface area contributed by atoms with Crippen LogP contribution in [0.4, 0.5) is 0 Å². The number of carbonyl (C=O) groups is 2. The molecule has 19 heavy (non-hydrogen) atoms. The first-order valence-electron chi connectivity index (χ1n) is 6.68. The number of aliphatic carboxylic acids is 1. The van der Waals surface area contributed by atoms with Crippen LogP contribution in [0.25, 0.3) is 0 Å². The lowest BCUT2D eigenvalue weighted by atomic mass is 10.1. The predicted molar refractivity (Wildman–Crippen MR) is 70.9 cm³/mol. The smallest absolute Gasteiger partial charge is 0.327 e. The van der Waals surface area contributed by atoms with Gasteiger partial charge in [0.1, 0.15) is 6.04 Å². The van der Waals surface area contributed by atoms with Crippen LogP contribution in [0, 0.1) is 5.92 Å². The molecule has 6 nitrogen and oxygen atoms in total. The molecular formula is C13H24N2O4. The molecule has 6 heteroatoms. The Morgan fingerprint density at radius 3 is 2.53 bits per heavy atom. The van der Waals surface area contributed by atoms with Gasteiger partial charge in [-0.2, -0.15) is 0 Å². The molecule has 0 aromatic rings. The first-order valence-corrected chi connectivity index (χ1v) is 6.68. The van der Waals surface area contributed by atoms with Crippen LogP contribution in [-0.4, -0.2) is 60.8 Å². The maximum absolute atomic E-state index is 11.2. The zero-order valence-electron chi connectivity index (χ0n) is 11.9. The van der Waals surface area contributed by atoms with E-state index < -0.39 is 12.0 Å². The van der Waals surface area contributed by atoms with E-state index in [0.29, 0.717) is 31.7 Å². The molecular weight excluding hydrogens is 248 g/mol. The summed E-state index contributed by atoms with van der Waals surface area (Å²) < 4.78 is 5.07. The Kier molecular flexibility index (Phi) is 6.24. The normalized spacial score (nSPS) is 18.1. The van der Waals surface area contributed by atoms with Gasteiger partial charge in [-0.05, 0) is 25.7 Å². The number of hydrogen-bond donors (Lipinski definition) is 2. The molecule has 2 N–H and O–H groups in total. The van der Waals surface area contributed by atoms with Crippen molar-refractivity contribution in [2.75, 3.05) is 26.8 Å². The van der Waals surface area contributed by atoms with Crippen LogP contribution in [-0.2, 0) is 14.3 Å². The molecule has 0 aromatic carbocycles. The van der Waals surface area contributed by atoms with E-state index >= 15 is 0 Å². The largest absolute Gasteiger partial charge is 0.480 e. The van der Waals surface area contributed by atoms with E-state index in [4.69, 9.17) is 9.84 Å². The molecule has 1 saturated carbocycles. The summed E-state index contributed by atoms with van der Waals surface area (Å²) in [5.41, 5.74) is 0. The third-order valence-electron chi connectivity index (χ3n) is 3.56. The number of methoxy groups -OCH3 is 1. The van der Waals surface area contributed by atoms with Gasteiger partial charge in [-0.1, -0.05) is 0 Å². The van der Waals surface area contributed by atoms with Gasteiger partial charge in [0.05, 0.1) is 6.61 Å². The van der Waals surface area contributed by atoms with E-state index in [-0.39, 0.29) is 5.91 Å². The summed E-state index contributed by atoms with van der Waals surface area (Å²) in [5, 5.41) is 11.6. The number of amides is 1. The molecule has 0 aliphatic heterocycles. The lowest BCUT2D eigenvalue weighted by Crippen LogP contribution is -2.51.